The molecule has 0 atom stereocenters. The Hall–Kier alpha value is -1.82. The van der Waals surface area contributed by atoms with Crippen LogP contribution in [0.25, 0.3) is 0 Å². The average Bonchev–Trinajstić information content (AvgIpc) is 2.68. The van der Waals surface area contributed by atoms with E-state index in [0.717, 1.165) is 55.6 Å². The highest BCUT2D eigenvalue weighted by atomic mass is 16.6. The van der Waals surface area contributed by atoms with Gasteiger partial charge in [-0.1, -0.05) is 0 Å². The second-order valence-corrected chi connectivity index (χ2v) is 9.37. The lowest BCUT2D eigenvalue weighted by Crippen LogP contribution is -2.58. The summed E-state index contributed by atoms with van der Waals surface area (Å²) in [6, 6.07) is 5.61. The molecule has 1 aromatic rings. The summed E-state index contributed by atoms with van der Waals surface area (Å²) in [5.41, 5.74) is -0.0217. The van der Waals surface area contributed by atoms with E-state index in [1.807, 2.05) is 0 Å². The summed E-state index contributed by atoms with van der Waals surface area (Å²) in [5, 5.41) is 11.1. The van der Waals surface area contributed by atoms with Gasteiger partial charge in [-0.25, -0.2) is 0 Å². The summed E-state index contributed by atoms with van der Waals surface area (Å²) in [4.78, 5) is 13.4. The second-order valence-electron chi connectivity index (χ2n) is 9.37. The van der Waals surface area contributed by atoms with Crippen molar-refractivity contribution in [3.8, 4) is 11.5 Å². The minimum absolute atomic E-state index is 0.0217. The van der Waals surface area contributed by atoms with E-state index in [0.29, 0.717) is 5.75 Å². The van der Waals surface area contributed by atoms with Gasteiger partial charge in [-0.05, 0) is 74.7 Å². The van der Waals surface area contributed by atoms with Crippen molar-refractivity contribution in [2.75, 3.05) is 20.2 Å². The zero-order valence-corrected chi connectivity index (χ0v) is 16.6. The number of rotatable bonds is 5. The molecule has 6 nitrogen and oxygen atoms in total. The van der Waals surface area contributed by atoms with Crippen LogP contribution < -0.4 is 9.47 Å². The second kappa shape index (κ2) is 7.21. The third-order valence-electron chi connectivity index (χ3n) is 7.73. The maximum Gasteiger partial charge on any atom is 0.311 e. The Morgan fingerprint density at radius 3 is 2.25 bits per heavy atom. The molecule has 1 aliphatic heterocycles. The van der Waals surface area contributed by atoms with Gasteiger partial charge in [-0.3, -0.25) is 15.0 Å². The topological polar surface area (TPSA) is 64.8 Å². The minimum atomic E-state index is -0.425. The smallest absolute Gasteiger partial charge is 0.311 e. The molecule has 6 rings (SSSR count). The van der Waals surface area contributed by atoms with Crippen molar-refractivity contribution in [2.45, 2.75) is 57.1 Å². The molecular formula is C22H30N2O4. The molecule has 0 N–H and O–H groups in total. The van der Waals surface area contributed by atoms with Gasteiger partial charge in [-0.15, -0.1) is 0 Å². The molecule has 152 valence electrons. The lowest BCUT2D eigenvalue weighted by molar-refractivity contribution is -0.385. The number of hydrogen-bond acceptors (Lipinski definition) is 5. The zero-order chi connectivity index (χ0) is 19.3. The molecule has 1 aromatic carbocycles. The largest absolute Gasteiger partial charge is 0.490 e. The monoisotopic (exact) mass is 386 g/mol. The van der Waals surface area contributed by atoms with Gasteiger partial charge in [0, 0.05) is 31.3 Å². The summed E-state index contributed by atoms with van der Waals surface area (Å²) in [7, 11) is 1.45. The lowest BCUT2D eigenvalue weighted by Gasteiger charge is -2.58. The van der Waals surface area contributed by atoms with Gasteiger partial charge in [0.05, 0.1) is 12.0 Å². The molecule has 4 aliphatic carbocycles. The first-order valence-corrected chi connectivity index (χ1v) is 10.8. The number of ether oxygens (including phenoxy) is 2. The molecule has 28 heavy (non-hydrogen) atoms. The molecule has 6 heteroatoms. The number of hydrogen-bond donors (Lipinski definition) is 0. The van der Waals surface area contributed by atoms with Crippen LogP contribution in [0, 0.1) is 33.8 Å². The molecular weight excluding hydrogens is 356 g/mol. The Labute approximate surface area is 166 Å². The highest BCUT2D eigenvalue weighted by Gasteiger charge is 2.50. The highest BCUT2D eigenvalue weighted by Crippen LogP contribution is 2.55. The summed E-state index contributed by atoms with van der Waals surface area (Å²) >= 11 is 0. The van der Waals surface area contributed by atoms with E-state index in [1.54, 1.807) is 12.1 Å². The SMILES string of the molecule is COc1cc(OC2CCN(C3C4CC5CC(C4)CC3C5)CC2)ccc1[N+](=O)[O-]. The van der Waals surface area contributed by atoms with Crippen molar-refractivity contribution < 1.29 is 14.4 Å². The van der Waals surface area contributed by atoms with Crippen LogP contribution in [0.5, 0.6) is 11.5 Å². The fraction of sp³-hybridized carbons (Fsp3) is 0.727. The van der Waals surface area contributed by atoms with Crippen LogP contribution in [0.2, 0.25) is 0 Å². The van der Waals surface area contributed by atoms with Crippen LogP contribution in [0.1, 0.15) is 44.9 Å². The highest BCUT2D eigenvalue weighted by molar-refractivity contribution is 5.50. The van der Waals surface area contributed by atoms with Crippen molar-refractivity contribution in [1.29, 1.82) is 0 Å². The Morgan fingerprint density at radius 1 is 1.04 bits per heavy atom. The molecule has 4 bridgehead atoms. The number of nitro benzene ring substituents is 1. The standard InChI is InChI=1S/C22H30N2O4/c1-27-21-13-19(2-3-20(21)24(25)26)28-18-4-6-23(7-5-18)22-16-9-14-8-15(11-16)12-17(22)10-14/h2-3,13-18,22H,4-12H2,1H3. The number of benzene rings is 1. The van der Waals surface area contributed by atoms with Crippen LogP contribution >= 0.6 is 0 Å². The molecule has 4 saturated carbocycles. The average molecular weight is 386 g/mol. The van der Waals surface area contributed by atoms with E-state index in [2.05, 4.69) is 4.90 Å². The van der Waals surface area contributed by atoms with Crippen LogP contribution in [-0.2, 0) is 0 Å². The Morgan fingerprint density at radius 2 is 1.68 bits per heavy atom. The molecule has 0 spiro atoms. The van der Waals surface area contributed by atoms with Gasteiger partial charge in [0.25, 0.3) is 0 Å². The number of nitrogens with zero attached hydrogens (tertiary/aromatic N) is 2. The molecule has 1 heterocycles. The Balaban J connectivity index is 1.19. The van der Waals surface area contributed by atoms with E-state index < -0.39 is 4.92 Å². The van der Waals surface area contributed by atoms with E-state index in [9.17, 15) is 10.1 Å². The van der Waals surface area contributed by atoms with Gasteiger partial charge < -0.3 is 9.47 Å². The van der Waals surface area contributed by atoms with Crippen molar-refractivity contribution in [1.82, 2.24) is 4.90 Å². The zero-order valence-electron chi connectivity index (χ0n) is 16.6. The predicted octanol–water partition coefficient (Wildman–Crippen LogP) is 4.27. The maximum absolute atomic E-state index is 11.1. The van der Waals surface area contributed by atoms with Gasteiger partial charge >= 0.3 is 5.69 Å². The molecule has 1 saturated heterocycles. The summed E-state index contributed by atoms with van der Waals surface area (Å²) in [6.07, 6.45) is 9.62. The third kappa shape index (κ3) is 3.25. The van der Waals surface area contributed by atoms with E-state index in [-0.39, 0.29) is 17.5 Å². The quantitative estimate of drug-likeness (QED) is 0.558. The summed E-state index contributed by atoms with van der Waals surface area (Å²) in [5.74, 6) is 4.85. The fourth-order valence-corrected chi connectivity index (χ4v) is 6.86. The number of likely N-dealkylation sites (tertiary alicyclic amines) is 1. The molecule has 0 radical (unpaired) electrons. The molecule has 0 amide bonds. The van der Waals surface area contributed by atoms with Crippen molar-refractivity contribution in [2.24, 2.45) is 23.7 Å². The fourth-order valence-electron chi connectivity index (χ4n) is 6.86. The first-order chi connectivity index (χ1) is 13.6. The van der Waals surface area contributed by atoms with Crippen molar-refractivity contribution in [3.63, 3.8) is 0 Å². The van der Waals surface area contributed by atoms with Crippen LogP contribution in [-0.4, -0.2) is 42.2 Å². The Kier molecular flexibility index (Phi) is 4.69. The van der Waals surface area contributed by atoms with E-state index >= 15 is 0 Å². The molecule has 5 aliphatic rings. The van der Waals surface area contributed by atoms with E-state index in [1.165, 1.54) is 45.3 Å². The van der Waals surface area contributed by atoms with Crippen LogP contribution in [0.3, 0.4) is 0 Å². The van der Waals surface area contributed by atoms with Crippen molar-refractivity contribution in [3.05, 3.63) is 28.3 Å². The summed E-state index contributed by atoms with van der Waals surface area (Å²) in [6.45, 7) is 2.23. The molecule has 0 unspecified atom stereocenters. The van der Waals surface area contributed by atoms with Crippen LogP contribution in [0.15, 0.2) is 18.2 Å². The van der Waals surface area contributed by atoms with Crippen LogP contribution in [0.4, 0.5) is 5.69 Å². The van der Waals surface area contributed by atoms with Crippen molar-refractivity contribution >= 4 is 5.69 Å². The normalized spacial score (nSPS) is 35.1. The molecule has 0 aromatic heterocycles. The first kappa shape index (κ1) is 18.2. The number of piperidine rings is 1. The third-order valence-corrected chi connectivity index (χ3v) is 7.73. The van der Waals surface area contributed by atoms with Gasteiger partial charge in [0.15, 0.2) is 0 Å². The van der Waals surface area contributed by atoms with Gasteiger partial charge in [-0.2, -0.15) is 0 Å². The summed E-state index contributed by atoms with van der Waals surface area (Å²) < 4.78 is 11.3. The minimum Gasteiger partial charge on any atom is -0.490 e. The maximum atomic E-state index is 11.1. The molecule has 5 fully saturated rings. The van der Waals surface area contributed by atoms with E-state index in [4.69, 9.17) is 9.47 Å². The number of methoxy groups -OCH3 is 1. The lowest BCUT2D eigenvalue weighted by atomic mass is 9.53. The first-order valence-electron chi connectivity index (χ1n) is 10.8. The predicted molar refractivity (Wildman–Crippen MR) is 106 cm³/mol. The Bertz CT molecular complexity index is 716. The number of nitro groups is 1. The van der Waals surface area contributed by atoms with Gasteiger partial charge in [0.2, 0.25) is 5.75 Å². The van der Waals surface area contributed by atoms with Gasteiger partial charge in [0.1, 0.15) is 11.9 Å².